The predicted octanol–water partition coefficient (Wildman–Crippen LogP) is 3.07. The second-order valence-electron chi connectivity index (χ2n) is 6.72. The Morgan fingerprint density at radius 1 is 1.06 bits per heavy atom. The van der Waals surface area contributed by atoms with Crippen molar-refractivity contribution in [2.24, 2.45) is 0 Å². The molecular weight excluding hydrogens is 467 g/mol. The van der Waals surface area contributed by atoms with E-state index in [1.807, 2.05) is 0 Å². The molecule has 0 saturated heterocycles. The van der Waals surface area contributed by atoms with Gasteiger partial charge in [0.1, 0.15) is 0 Å². The molecule has 3 heterocycles. The quantitative estimate of drug-likeness (QED) is 0.403. The molecular formula is C19H14ClFN4O4S2. The van der Waals surface area contributed by atoms with Crippen molar-refractivity contribution in [3.8, 4) is 11.4 Å². The molecule has 8 nitrogen and oxygen atoms in total. The van der Waals surface area contributed by atoms with Gasteiger partial charge in [-0.15, -0.1) is 0 Å². The first-order chi connectivity index (χ1) is 14.6. The lowest BCUT2D eigenvalue weighted by atomic mass is 10.2. The number of halogens is 2. The third-order valence-corrected chi connectivity index (χ3v) is 7.15. The van der Waals surface area contributed by atoms with Gasteiger partial charge in [0.15, 0.2) is 32.2 Å². The number of aromatic nitrogens is 4. The topological polar surface area (TPSA) is 112 Å². The van der Waals surface area contributed by atoms with Crippen LogP contribution in [0.4, 0.5) is 4.39 Å². The first kappa shape index (κ1) is 21.3. The number of rotatable bonds is 5. The van der Waals surface area contributed by atoms with Crippen LogP contribution in [0.15, 0.2) is 60.0 Å². The van der Waals surface area contributed by atoms with Crippen LogP contribution in [-0.4, -0.2) is 42.0 Å². The van der Waals surface area contributed by atoms with Gasteiger partial charge < -0.3 is 0 Å². The second-order valence-corrected chi connectivity index (χ2v) is 10.9. The molecule has 0 saturated carbocycles. The van der Waals surface area contributed by atoms with E-state index in [1.165, 1.54) is 18.5 Å². The number of benzene rings is 1. The van der Waals surface area contributed by atoms with E-state index in [0.717, 1.165) is 16.4 Å². The zero-order valence-corrected chi connectivity index (χ0v) is 18.3. The first-order valence-electron chi connectivity index (χ1n) is 8.73. The number of fused-ring (bicyclic) bond motifs is 1. The van der Waals surface area contributed by atoms with Gasteiger partial charge in [-0.2, -0.15) is 0 Å². The molecule has 4 aromatic rings. The van der Waals surface area contributed by atoms with Gasteiger partial charge in [0, 0.05) is 29.6 Å². The van der Waals surface area contributed by atoms with Crippen molar-refractivity contribution in [2.75, 3.05) is 6.26 Å². The lowest BCUT2D eigenvalue weighted by Crippen LogP contribution is -2.14. The summed E-state index contributed by atoms with van der Waals surface area (Å²) >= 11 is 6.04. The van der Waals surface area contributed by atoms with Crippen LogP contribution in [0.5, 0.6) is 0 Å². The molecule has 0 bridgehead atoms. The van der Waals surface area contributed by atoms with Gasteiger partial charge in [-0.25, -0.2) is 40.2 Å². The smallest absolute Gasteiger partial charge is 0.236 e. The van der Waals surface area contributed by atoms with E-state index in [-0.39, 0.29) is 33.2 Å². The summed E-state index contributed by atoms with van der Waals surface area (Å²) in [7, 11) is -7.90. The molecule has 31 heavy (non-hydrogen) atoms. The van der Waals surface area contributed by atoms with Gasteiger partial charge in [-0.3, -0.25) is 0 Å². The van der Waals surface area contributed by atoms with E-state index < -0.39 is 30.7 Å². The number of nitrogens with zero attached hydrogens (tertiary/aromatic N) is 4. The van der Waals surface area contributed by atoms with Crippen molar-refractivity contribution >= 4 is 42.5 Å². The molecule has 1 aromatic carbocycles. The summed E-state index contributed by atoms with van der Waals surface area (Å²) in [5.74, 6) is -1.59. The average molecular weight is 481 g/mol. The third kappa shape index (κ3) is 4.16. The number of hydrogen-bond acceptors (Lipinski definition) is 7. The van der Waals surface area contributed by atoms with Crippen LogP contribution in [-0.2, 0) is 25.6 Å². The molecule has 0 fully saturated rings. The highest BCUT2D eigenvalue weighted by Gasteiger charge is 2.24. The van der Waals surface area contributed by atoms with Gasteiger partial charge in [0.05, 0.1) is 17.0 Å². The maximum atomic E-state index is 14.0. The van der Waals surface area contributed by atoms with E-state index >= 15 is 0 Å². The molecule has 12 heteroatoms. The molecule has 0 atom stereocenters. The average Bonchev–Trinajstić information content (AvgIpc) is 3.07. The Kier molecular flexibility index (Phi) is 5.28. The van der Waals surface area contributed by atoms with Crippen molar-refractivity contribution in [3.05, 3.63) is 71.4 Å². The van der Waals surface area contributed by atoms with Crippen molar-refractivity contribution in [3.63, 3.8) is 0 Å². The van der Waals surface area contributed by atoms with Crippen molar-refractivity contribution < 1.29 is 21.2 Å². The highest BCUT2D eigenvalue weighted by atomic mass is 35.5. The van der Waals surface area contributed by atoms with Crippen LogP contribution in [0.1, 0.15) is 5.56 Å². The molecule has 0 aliphatic carbocycles. The monoisotopic (exact) mass is 480 g/mol. The van der Waals surface area contributed by atoms with Crippen LogP contribution >= 0.6 is 11.6 Å². The summed E-state index contributed by atoms with van der Waals surface area (Å²) in [6, 6.07) is 10.0. The first-order valence-corrected chi connectivity index (χ1v) is 12.6. The molecule has 0 spiro atoms. The maximum Gasteiger partial charge on any atom is 0.244 e. The third-order valence-electron chi connectivity index (χ3n) is 4.37. The fraction of sp³-hybridized carbons (Fsp3) is 0.105. The fourth-order valence-corrected chi connectivity index (χ4v) is 5.28. The second kappa shape index (κ2) is 7.66. The van der Waals surface area contributed by atoms with E-state index in [4.69, 9.17) is 11.6 Å². The van der Waals surface area contributed by atoms with Crippen LogP contribution in [0.2, 0.25) is 5.02 Å². The lowest BCUT2D eigenvalue weighted by molar-refractivity contribution is 0.552. The summed E-state index contributed by atoms with van der Waals surface area (Å²) in [4.78, 5) is 11.8. The number of hydrogen-bond donors (Lipinski definition) is 0. The molecule has 0 amide bonds. The highest BCUT2D eigenvalue weighted by molar-refractivity contribution is 7.90. The Morgan fingerprint density at radius 2 is 1.77 bits per heavy atom. The number of sulfone groups is 1. The largest absolute Gasteiger partial charge is 0.244 e. The molecule has 160 valence electrons. The van der Waals surface area contributed by atoms with E-state index in [9.17, 15) is 21.2 Å². The molecule has 0 radical (unpaired) electrons. The molecule has 0 unspecified atom stereocenters. The lowest BCUT2D eigenvalue weighted by Gasteiger charge is -2.07. The number of pyridine rings is 1. The van der Waals surface area contributed by atoms with Crippen LogP contribution in [0.3, 0.4) is 0 Å². The Morgan fingerprint density at radius 3 is 2.45 bits per heavy atom. The van der Waals surface area contributed by atoms with Gasteiger partial charge >= 0.3 is 0 Å². The minimum Gasteiger partial charge on any atom is -0.236 e. The van der Waals surface area contributed by atoms with Crippen LogP contribution < -0.4 is 0 Å². The van der Waals surface area contributed by atoms with E-state index in [0.29, 0.717) is 5.56 Å². The fourth-order valence-electron chi connectivity index (χ4n) is 3.04. The van der Waals surface area contributed by atoms with Crippen molar-refractivity contribution in [1.29, 1.82) is 0 Å². The Hall–Kier alpha value is -2.89. The summed E-state index contributed by atoms with van der Waals surface area (Å²) < 4.78 is 64.9. The minimum atomic E-state index is -3.98. The van der Waals surface area contributed by atoms with Crippen molar-refractivity contribution in [2.45, 2.75) is 10.8 Å². The van der Waals surface area contributed by atoms with Crippen molar-refractivity contribution in [1.82, 2.24) is 18.9 Å². The van der Waals surface area contributed by atoms with Crippen LogP contribution in [0, 0.1) is 5.82 Å². The summed E-state index contributed by atoms with van der Waals surface area (Å²) in [5.41, 5.74) is 0.771. The van der Waals surface area contributed by atoms with Gasteiger partial charge in [-0.1, -0.05) is 41.9 Å². The standard InChI is InChI=1S/C19H14ClFN4O4S2/c1-30(26,27)19-16(21)9-22-17(24-19)15-10-25(18-14(15)7-13(20)8-23-18)31(28,29)11-12-5-3-2-4-6-12/h2-10H,11H2,1H3. The van der Waals surface area contributed by atoms with Gasteiger partial charge in [0.25, 0.3) is 0 Å². The van der Waals surface area contributed by atoms with Gasteiger partial charge in [-0.05, 0) is 11.6 Å². The normalized spacial score (nSPS) is 12.4. The van der Waals surface area contributed by atoms with Gasteiger partial charge in [0.2, 0.25) is 10.0 Å². The van der Waals surface area contributed by atoms with E-state index in [1.54, 1.807) is 30.3 Å². The predicted molar refractivity (Wildman–Crippen MR) is 113 cm³/mol. The summed E-state index contributed by atoms with van der Waals surface area (Å²) in [6.45, 7) is 0. The zero-order valence-electron chi connectivity index (χ0n) is 15.9. The maximum absolute atomic E-state index is 14.0. The minimum absolute atomic E-state index is 0.0594. The highest BCUT2D eigenvalue weighted by Crippen LogP contribution is 2.31. The van der Waals surface area contributed by atoms with Crippen LogP contribution in [0.25, 0.3) is 22.4 Å². The Labute approximate surface area is 182 Å². The van der Waals surface area contributed by atoms with E-state index in [2.05, 4.69) is 15.0 Å². The Bertz CT molecular complexity index is 1520. The molecule has 0 N–H and O–H groups in total. The SMILES string of the molecule is CS(=O)(=O)c1nc(-c2cn(S(=O)(=O)Cc3ccccc3)c3ncc(Cl)cc23)ncc1F. The molecule has 0 aliphatic heterocycles. The molecule has 3 aromatic heterocycles. The summed E-state index contributed by atoms with van der Waals surface area (Å²) in [5, 5.41) is -0.298. The Balaban J connectivity index is 1.94. The summed E-state index contributed by atoms with van der Waals surface area (Å²) in [6.07, 6.45) is 4.05. The zero-order chi connectivity index (χ0) is 22.4. The molecule has 4 rings (SSSR count). The molecule has 0 aliphatic rings.